The Hall–Kier alpha value is -1.87. The highest BCUT2D eigenvalue weighted by molar-refractivity contribution is 5.38. The van der Waals surface area contributed by atoms with Gasteiger partial charge in [-0.15, -0.1) is 0 Å². The number of benzene rings is 2. The molecule has 2 aromatic rings. The van der Waals surface area contributed by atoms with Crippen molar-refractivity contribution >= 4 is 0 Å². The maximum atomic E-state index is 13.7. The van der Waals surface area contributed by atoms with Crippen molar-refractivity contribution in [3.63, 3.8) is 0 Å². The van der Waals surface area contributed by atoms with Gasteiger partial charge in [-0.25, -0.2) is 4.39 Å². The Morgan fingerprint density at radius 1 is 1.20 bits per heavy atom. The Morgan fingerprint density at radius 3 is 2.55 bits per heavy atom. The predicted molar refractivity (Wildman–Crippen MR) is 79.6 cm³/mol. The topological polar surface area (TPSA) is 35.2 Å². The molecule has 2 nitrogen and oxygen atoms in total. The molecule has 2 N–H and O–H groups in total. The molecule has 3 heteroatoms. The second-order valence-electron chi connectivity index (χ2n) is 4.96. The largest absolute Gasteiger partial charge is 0.496 e. The summed E-state index contributed by atoms with van der Waals surface area (Å²) in [4.78, 5) is 0. The van der Waals surface area contributed by atoms with Crippen molar-refractivity contribution in [2.75, 3.05) is 13.7 Å². The van der Waals surface area contributed by atoms with Crippen LogP contribution < -0.4 is 10.5 Å². The van der Waals surface area contributed by atoms with Crippen LogP contribution in [0.2, 0.25) is 0 Å². The molecule has 1 atom stereocenters. The fourth-order valence-corrected chi connectivity index (χ4v) is 2.42. The van der Waals surface area contributed by atoms with Crippen LogP contribution in [0, 0.1) is 12.7 Å². The van der Waals surface area contributed by atoms with Crippen LogP contribution in [0.3, 0.4) is 0 Å². The minimum atomic E-state index is -0.170. The Bertz CT molecular complexity index is 583. The molecule has 0 spiro atoms. The van der Waals surface area contributed by atoms with E-state index in [4.69, 9.17) is 10.5 Å². The van der Waals surface area contributed by atoms with Crippen molar-refractivity contribution in [1.82, 2.24) is 0 Å². The van der Waals surface area contributed by atoms with Gasteiger partial charge in [-0.2, -0.15) is 0 Å². The lowest BCUT2D eigenvalue weighted by atomic mass is 9.91. The van der Waals surface area contributed by atoms with E-state index in [0.717, 1.165) is 16.9 Å². The van der Waals surface area contributed by atoms with Crippen molar-refractivity contribution in [3.05, 3.63) is 65.0 Å². The zero-order chi connectivity index (χ0) is 14.5. The highest BCUT2D eigenvalue weighted by Gasteiger charge is 2.14. The van der Waals surface area contributed by atoms with Gasteiger partial charge in [0.2, 0.25) is 0 Å². The summed E-state index contributed by atoms with van der Waals surface area (Å²) in [6.45, 7) is 2.49. The molecular formula is C17H20FNO. The number of rotatable bonds is 5. The molecule has 20 heavy (non-hydrogen) atoms. The van der Waals surface area contributed by atoms with E-state index in [1.165, 1.54) is 6.07 Å². The first kappa shape index (κ1) is 14.5. The van der Waals surface area contributed by atoms with E-state index < -0.39 is 0 Å². The van der Waals surface area contributed by atoms with E-state index in [2.05, 4.69) is 6.07 Å². The SMILES string of the molecule is COc1ccc(C(CN)Cc2ccccc2F)cc1C. The van der Waals surface area contributed by atoms with Gasteiger partial charge in [0.1, 0.15) is 11.6 Å². The summed E-state index contributed by atoms with van der Waals surface area (Å²) in [6.07, 6.45) is 0.606. The lowest BCUT2D eigenvalue weighted by Crippen LogP contribution is -2.16. The van der Waals surface area contributed by atoms with Gasteiger partial charge in [0.15, 0.2) is 0 Å². The molecule has 0 saturated carbocycles. The smallest absolute Gasteiger partial charge is 0.126 e. The first-order valence-electron chi connectivity index (χ1n) is 6.73. The third kappa shape index (κ3) is 3.17. The highest BCUT2D eigenvalue weighted by Crippen LogP contribution is 2.26. The van der Waals surface area contributed by atoms with Gasteiger partial charge >= 0.3 is 0 Å². The van der Waals surface area contributed by atoms with Gasteiger partial charge in [-0.1, -0.05) is 30.3 Å². The van der Waals surface area contributed by atoms with Gasteiger partial charge in [-0.05, 0) is 48.7 Å². The maximum absolute atomic E-state index is 13.7. The molecule has 2 aromatic carbocycles. The maximum Gasteiger partial charge on any atom is 0.126 e. The molecule has 0 saturated heterocycles. The van der Waals surface area contributed by atoms with E-state index >= 15 is 0 Å². The van der Waals surface area contributed by atoms with Crippen LogP contribution in [0.15, 0.2) is 42.5 Å². The van der Waals surface area contributed by atoms with Crippen LogP contribution in [0.25, 0.3) is 0 Å². The van der Waals surface area contributed by atoms with Crippen molar-refractivity contribution < 1.29 is 9.13 Å². The lowest BCUT2D eigenvalue weighted by Gasteiger charge is -2.17. The van der Waals surface area contributed by atoms with Crippen molar-refractivity contribution in [2.45, 2.75) is 19.3 Å². The molecule has 0 aromatic heterocycles. The van der Waals surface area contributed by atoms with E-state index in [1.807, 2.05) is 31.2 Å². The van der Waals surface area contributed by atoms with Gasteiger partial charge in [0, 0.05) is 5.92 Å². The number of methoxy groups -OCH3 is 1. The lowest BCUT2D eigenvalue weighted by molar-refractivity contribution is 0.411. The number of nitrogens with two attached hydrogens (primary N) is 1. The standard InChI is InChI=1S/C17H20FNO/c1-12-9-13(7-8-17(12)20-2)15(11-19)10-14-5-3-4-6-16(14)18/h3-9,15H,10-11,19H2,1-2H3. The van der Waals surface area contributed by atoms with E-state index in [1.54, 1.807) is 13.2 Å². The van der Waals surface area contributed by atoms with Crippen LogP contribution in [0.5, 0.6) is 5.75 Å². The van der Waals surface area contributed by atoms with E-state index in [0.29, 0.717) is 18.5 Å². The average Bonchev–Trinajstić information content (AvgIpc) is 2.46. The van der Waals surface area contributed by atoms with Crippen LogP contribution >= 0.6 is 0 Å². The normalized spacial score (nSPS) is 12.2. The zero-order valence-electron chi connectivity index (χ0n) is 11.9. The summed E-state index contributed by atoms with van der Waals surface area (Å²) >= 11 is 0. The summed E-state index contributed by atoms with van der Waals surface area (Å²) in [6, 6.07) is 12.9. The molecule has 0 heterocycles. The van der Waals surface area contributed by atoms with Gasteiger partial charge < -0.3 is 10.5 Å². The highest BCUT2D eigenvalue weighted by atomic mass is 19.1. The Morgan fingerprint density at radius 2 is 1.95 bits per heavy atom. The second kappa shape index (κ2) is 6.53. The number of hydrogen-bond acceptors (Lipinski definition) is 2. The van der Waals surface area contributed by atoms with Crippen LogP contribution in [-0.4, -0.2) is 13.7 Å². The predicted octanol–water partition coefficient (Wildman–Crippen LogP) is 3.43. The zero-order valence-corrected chi connectivity index (χ0v) is 11.9. The molecule has 0 amide bonds. The summed E-state index contributed by atoms with van der Waals surface area (Å²) < 4.78 is 19.0. The summed E-state index contributed by atoms with van der Waals surface area (Å²) in [5.41, 5.74) is 8.76. The summed E-state index contributed by atoms with van der Waals surface area (Å²) in [5, 5.41) is 0. The first-order chi connectivity index (χ1) is 9.65. The summed E-state index contributed by atoms with van der Waals surface area (Å²) in [5.74, 6) is 0.795. The quantitative estimate of drug-likeness (QED) is 0.906. The molecule has 1 unspecified atom stereocenters. The number of ether oxygens (including phenoxy) is 1. The molecule has 0 aliphatic rings. The van der Waals surface area contributed by atoms with Gasteiger partial charge in [0.05, 0.1) is 7.11 Å². The molecule has 2 rings (SSSR count). The third-order valence-electron chi connectivity index (χ3n) is 3.60. The van der Waals surface area contributed by atoms with Crippen LogP contribution in [-0.2, 0) is 6.42 Å². The average molecular weight is 273 g/mol. The number of halogens is 1. The van der Waals surface area contributed by atoms with E-state index in [-0.39, 0.29) is 11.7 Å². The van der Waals surface area contributed by atoms with Crippen LogP contribution in [0.4, 0.5) is 4.39 Å². The third-order valence-corrected chi connectivity index (χ3v) is 3.60. The monoisotopic (exact) mass is 273 g/mol. The Balaban J connectivity index is 2.24. The molecular weight excluding hydrogens is 253 g/mol. The molecule has 0 aliphatic carbocycles. The van der Waals surface area contributed by atoms with E-state index in [9.17, 15) is 4.39 Å². The molecule has 0 radical (unpaired) electrons. The van der Waals surface area contributed by atoms with Crippen molar-refractivity contribution in [3.8, 4) is 5.75 Å². The first-order valence-corrected chi connectivity index (χ1v) is 6.73. The number of aryl methyl sites for hydroxylation is 1. The number of hydrogen-bond donors (Lipinski definition) is 1. The molecule has 0 aliphatic heterocycles. The summed E-state index contributed by atoms with van der Waals surface area (Å²) in [7, 11) is 1.65. The van der Waals surface area contributed by atoms with Gasteiger partial charge in [-0.3, -0.25) is 0 Å². The molecule has 106 valence electrons. The minimum Gasteiger partial charge on any atom is -0.496 e. The fourth-order valence-electron chi connectivity index (χ4n) is 2.42. The fraction of sp³-hybridized carbons (Fsp3) is 0.294. The molecule has 0 bridgehead atoms. The van der Waals surface area contributed by atoms with Crippen molar-refractivity contribution in [2.24, 2.45) is 5.73 Å². The Kier molecular flexibility index (Phi) is 4.74. The van der Waals surface area contributed by atoms with Crippen molar-refractivity contribution in [1.29, 1.82) is 0 Å². The Labute approximate surface area is 119 Å². The second-order valence-corrected chi connectivity index (χ2v) is 4.96. The van der Waals surface area contributed by atoms with Gasteiger partial charge in [0.25, 0.3) is 0 Å². The molecule has 0 fully saturated rings. The van der Waals surface area contributed by atoms with Crippen LogP contribution in [0.1, 0.15) is 22.6 Å². The minimum absolute atomic E-state index is 0.108.